The van der Waals surface area contributed by atoms with Crippen LogP contribution in [0.5, 0.6) is 0 Å². The Morgan fingerprint density at radius 1 is 1.08 bits per heavy atom. The van der Waals surface area contributed by atoms with Crippen molar-refractivity contribution in [2.45, 2.75) is 31.1 Å². The van der Waals surface area contributed by atoms with E-state index in [0.29, 0.717) is 26.5 Å². The molecule has 186 valence electrons. The zero-order valence-electron chi connectivity index (χ0n) is 19.0. The van der Waals surface area contributed by atoms with Crippen molar-refractivity contribution in [3.63, 3.8) is 0 Å². The van der Waals surface area contributed by atoms with Gasteiger partial charge in [0.15, 0.2) is 0 Å². The van der Waals surface area contributed by atoms with Crippen LogP contribution in [0, 0.1) is 0 Å². The molecule has 0 atom stereocenters. The monoisotopic (exact) mass is 532 g/mol. The van der Waals surface area contributed by atoms with Crippen LogP contribution >= 0.6 is 22.9 Å². The van der Waals surface area contributed by atoms with Gasteiger partial charge in [-0.2, -0.15) is 13.2 Å². The van der Waals surface area contributed by atoms with Crippen LogP contribution in [0.4, 0.5) is 13.2 Å². The number of ether oxygens (including phenoxy) is 1. The molecule has 0 aliphatic heterocycles. The zero-order chi connectivity index (χ0) is 25.7. The van der Waals surface area contributed by atoms with Gasteiger partial charge in [-0.25, -0.2) is 4.79 Å². The maximum atomic E-state index is 13.4. The number of nitrogens with one attached hydrogen (secondary N) is 1. The van der Waals surface area contributed by atoms with Gasteiger partial charge in [-0.3, -0.25) is 4.79 Å². The van der Waals surface area contributed by atoms with Crippen molar-refractivity contribution < 1.29 is 27.5 Å². The Bertz CT molecular complexity index is 1450. The molecule has 0 unspecified atom stereocenters. The van der Waals surface area contributed by atoms with E-state index in [-0.39, 0.29) is 12.5 Å². The molecule has 0 bridgehead atoms. The van der Waals surface area contributed by atoms with E-state index in [0.717, 1.165) is 35.2 Å². The average Bonchev–Trinajstić information content (AvgIpc) is 3.42. The summed E-state index contributed by atoms with van der Waals surface area (Å²) in [5.74, 6) is -0.759. The standard InChI is InChI=1S/C26H20ClF3N2O3S/c1-35-24(34)16-4-8-17(9-5-16)25(11-12-25)31-23(33)20-21-19(36-22(20)27)10-13-32(21)14-15-2-6-18(7-3-15)26(28,29)30/h2-10,13H,11-12,14H2,1H3,(H,31,33). The highest BCUT2D eigenvalue weighted by Gasteiger charge is 2.46. The molecule has 2 aromatic heterocycles. The summed E-state index contributed by atoms with van der Waals surface area (Å²) in [7, 11) is 1.32. The van der Waals surface area contributed by atoms with Crippen LogP contribution in [0.3, 0.4) is 0 Å². The lowest BCUT2D eigenvalue weighted by molar-refractivity contribution is -0.137. The van der Waals surface area contributed by atoms with Gasteiger partial charge in [-0.15, -0.1) is 11.3 Å². The second-order valence-corrected chi connectivity index (χ2v) is 10.4. The minimum Gasteiger partial charge on any atom is -0.465 e. The summed E-state index contributed by atoms with van der Waals surface area (Å²) in [6.45, 7) is 0.287. The van der Waals surface area contributed by atoms with Gasteiger partial charge in [0.25, 0.3) is 5.91 Å². The van der Waals surface area contributed by atoms with Crippen molar-refractivity contribution in [2.24, 2.45) is 0 Å². The molecule has 0 radical (unpaired) electrons. The van der Waals surface area contributed by atoms with Crippen LogP contribution in [-0.2, 0) is 23.0 Å². The highest BCUT2D eigenvalue weighted by atomic mass is 35.5. The van der Waals surface area contributed by atoms with Crippen LogP contribution in [0.2, 0.25) is 4.34 Å². The Balaban J connectivity index is 1.40. The summed E-state index contributed by atoms with van der Waals surface area (Å²) < 4.78 is 46.4. The van der Waals surface area contributed by atoms with E-state index in [1.807, 2.05) is 10.6 Å². The lowest BCUT2D eigenvalue weighted by Crippen LogP contribution is -2.35. The van der Waals surface area contributed by atoms with E-state index in [4.69, 9.17) is 16.3 Å². The Hall–Kier alpha value is -3.30. The summed E-state index contributed by atoms with van der Waals surface area (Å²) in [5.41, 5.74) is 1.69. The van der Waals surface area contributed by atoms with E-state index in [1.165, 1.54) is 30.6 Å². The molecule has 1 N–H and O–H groups in total. The Morgan fingerprint density at radius 3 is 2.33 bits per heavy atom. The van der Waals surface area contributed by atoms with E-state index >= 15 is 0 Å². The smallest absolute Gasteiger partial charge is 0.416 e. The first kappa shape index (κ1) is 24.4. The highest BCUT2D eigenvalue weighted by molar-refractivity contribution is 7.23. The van der Waals surface area contributed by atoms with Crippen molar-refractivity contribution in [2.75, 3.05) is 7.11 Å². The first-order valence-corrected chi connectivity index (χ1v) is 12.3. The molecule has 1 fully saturated rings. The molecular weight excluding hydrogens is 513 g/mol. The van der Waals surface area contributed by atoms with E-state index < -0.39 is 23.2 Å². The number of halogens is 4. The summed E-state index contributed by atoms with van der Waals surface area (Å²) in [6.07, 6.45) is -1.12. The lowest BCUT2D eigenvalue weighted by Gasteiger charge is -2.19. The molecule has 0 saturated heterocycles. The summed E-state index contributed by atoms with van der Waals surface area (Å²) in [6, 6.07) is 13.7. The second kappa shape index (κ2) is 8.97. The van der Waals surface area contributed by atoms with E-state index in [9.17, 15) is 22.8 Å². The molecule has 1 aliphatic rings. The van der Waals surface area contributed by atoms with Crippen LogP contribution in [-0.4, -0.2) is 23.6 Å². The number of hydrogen-bond donors (Lipinski definition) is 1. The molecule has 5 rings (SSSR count). The van der Waals surface area contributed by atoms with Gasteiger partial charge in [-0.05, 0) is 54.3 Å². The fourth-order valence-electron chi connectivity index (χ4n) is 4.30. The van der Waals surface area contributed by atoms with Crippen molar-refractivity contribution in [1.29, 1.82) is 0 Å². The third-order valence-electron chi connectivity index (χ3n) is 6.38. The van der Waals surface area contributed by atoms with Crippen molar-refractivity contribution in [3.8, 4) is 0 Å². The summed E-state index contributed by atoms with van der Waals surface area (Å²) in [4.78, 5) is 25.2. The number of nitrogens with zero attached hydrogens (tertiary/aromatic N) is 1. The quantitative estimate of drug-likeness (QED) is 0.284. The number of hydrogen-bond acceptors (Lipinski definition) is 4. The van der Waals surface area contributed by atoms with Crippen LogP contribution in [0.15, 0.2) is 60.8 Å². The summed E-state index contributed by atoms with van der Waals surface area (Å²) >= 11 is 7.76. The van der Waals surface area contributed by atoms with Gasteiger partial charge < -0.3 is 14.6 Å². The fraction of sp³-hybridized carbons (Fsp3) is 0.231. The molecule has 1 saturated carbocycles. The molecule has 1 aliphatic carbocycles. The third kappa shape index (κ3) is 4.49. The van der Waals surface area contributed by atoms with Gasteiger partial charge in [0.05, 0.1) is 39.6 Å². The topological polar surface area (TPSA) is 60.3 Å². The van der Waals surface area contributed by atoms with Crippen molar-refractivity contribution >= 4 is 45.0 Å². The van der Waals surface area contributed by atoms with Gasteiger partial charge in [0.2, 0.25) is 0 Å². The Morgan fingerprint density at radius 2 is 1.75 bits per heavy atom. The van der Waals surface area contributed by atoms with Crippen molar-refractivity contribution in [3.05, 3.63) is 92.9 Å². The molecule has 4 aromatic rings. The Kier molecular flexibility index (Phi) is 6.08. The number of aromatic nitrogens is 1. The minimum absolute atomic E-state index is 0.287. The predicted octanol–water partition coefficient (Wildman–Crippen LogP) is 6.63. The van der Waals surface area contributed by atoms with E-state index in [1.54, 1.807) is 30.5 Å². The minimum atomic E-state index is -4.40. The van der Waals surface area contributed by atoms with Gasteiger partial charge >= 0.3 is 12.1 Å². The number of methoxy groups -OCH3 is 1. The SMILES string of the molecule is COC(=O)c1ccc(C2(NC(=O)c3c(Cl)sc4ccn(Cc5ccc(C(F)(F)F)cc5)c34)CC2)cc1. The first-order chi connectivity index (χ1) is 17.1. The number of esters is 1. The molecule has 2 heterocycles. The number of benzene rings is 2. The number of alkyl halides is 3. The average molecular weight is 533 g/mol. The molecule has 5 nitrogen and oxygen atoms in total. The number of carbonyl (C=O) groups excluding carboxylic acids is 2. The maximum absolute atomic E-state index is 13.4. The number of fused-ring (bicyclic) bond motifs is 1. The lowest BCUT2D eigenvalue weighted by atomic mass is 10.0. The number of carbonyl (C=O) groups is 2. The van der Waals surface area contributed by atoms with Gasteiger partial charge in [-0.1, -0.05) is 35.9 Å². The second-order valence-electron chi connectivity index (χ2n) is 8.71. The molecular formula is C26H20ClF3N2O3S. The zero-order valence-corrected chi connectivity index (χ0v) is 20.6. The molecule has 0 spiro atoms. The predicted molar refractivity (Wildman–Crippen MR) is 132 cm³/mol. The molecule has 2 aromatic carbocycles. The normalized spacial score (nSPS) is 14.6. The third-order valence-corrected chi connectivity index (χ3v) is 7.74. The number of thiophene rings is 1. The van der Waals surface area contributed by atoms with Crippen LogP contribution < -0.4 is 5.32 Å². The molecule has 1 amide bonds. The number of amides is 1. The first-order valence-electron chi connectivity index (χ1n) is 11.1. The van der Waals surface area contributed by atoms with Gasteiger partial charge in [0, 0.05) is 12.7 Å². The Labute approximate surface area is 213 Å². The molecule has 36 heavy (non-hydrogen) atoms. The van der Waals surface area contributed by atoms with Crippen LogP contribution in [0.25, 0.3) is 10.2 Å². The van der Waals surface area contributed by atoms with Gasteiger partial charge in [0.1, 0.15) is 4.34 Å². The molecule has 10 heteroatoms. The largest absolute Gasteiger partial charge is 0.465 e. The fourth-order valence-corrected chi connectivity index (χ4v) is 5.65. The van der Waals surface area contributed by atoms with E-state index in [2.05, 4.69) is 5.32 Å². The number of rotatable bonds is 6. The van der Waals surface area contributed by atoms with Crippen LogP contribution in [0.1, 0.15) is 50.2 Å². The highest BCUT2D eigenvalue weighted by Crippen LogP contribution is 2.46. The summed E-state index contributed by atoms with van der Waals surface area (Å²) in [5, 5.41) is 3.12. The van der Waals surface area contributed by atoms with Crippen molar-refractivity contribution in [1.82, 2.24) is 9.88 Å². The maximum Gasteiger partial charge on any atom is 0.416 e.